The van der Waals surface area contributed by atoms with Gasteiger partial charge in [-0.3, -0.25) is 4.79 Å². The molecule has 132 valence electrons. The Morgan fingerprint density at radius 2 is 1.69 bits per heavy atom. The molecular weight excluding hydrogens is 338 g/mol. The SMILES string of the molecule is O=C(NCc1cc(F)cc(F)c1)c1ccnc(OCc2ccccc2)c1. The minimum atomic E-state index is -0.685. The van der Waals surface area contributed by atoms with Crippen LogP contribution in [0.2, 0.25) is 0 Å². The number of halogens is 2. The van der Waals surface area contributed by atoms with Gasteiger partial charge < -0.3 is 10.1 Å². The van der Waals surface area contributed by atoms with Crippen molar-refractivity contribution in [1.29, 1.82) is 0 Å². The Morgan fingerprint density at radius 3 is 2.42 bits per heavy atom. The van der Waals surface area contributed by atoms with Gasteiger partial charge in [0.25, 0.3) is 5.91 Å². The fraction of sp³-hybridized carbons (Fsp3) is 0.100. The highest BCUT2D eigenvalue weighted by molar-refractivity contribution is 5.94. The van der Waals surface area contributed by atoms with Gasteiger partial charge in [0, 0.05) is 30.4 Å². The first-order valence-electron chi connectivity index (χ1n) is 7.96. The van der Waals surface area contributed by atoms with Gasteiger partial charge in [0.15, 0.2) is 0 Å². The quantitative estimate of drug-likeness (QED) is 0.731. The molecule has 0 spiro atoms. The third-order valence-corrected chi connectivity index (χ3v) is 3.60. The second kappa shape index (κ2) is 8.20. The summed E-state index contributed by atoms with van der Waals surface area (Å²) in [5, 5.41) is 2.62. The maximum atomic E-state index is 13.2. The summed E-state index contributed by atoms with van der Waals surface area (Å²) < 4.78 is 31.9. The largest absolute Gasteiger partial charge is 0.473 e. The van der Waals surface area contributed by atoms with Crippen molar-refractivity contribution in [2.45, 2.75) is 13.2 Å². The molecule has 0 aliphatic heterocycles. The highest BCUT2D eigenvalue weighted by atomic mass is 19.1. The fourth-order valence-electron chi connectivity index (χ4n) is 2.36. The Hall–Kier alpha value is -3.28. The lowest BCUT2D eigenvalue weighted by Gasteiger charge is -2.08. The first-order chi connectivity index (χ1) is 12.6. The van der Waals surface area contributed by atoms with E-state index in [9.17, 15) is 13.6 Å². The van der Waals surface area contributed by atoms with Crippen LogP contribution in [0.15, 0.2) is 66.9 Å². The van der Waals surface area contributed by atoms with E-state index < -0.39 is 11.6 Å². The van der Waals surface area contributed by atoms with Gasteiger partial charge in [-0.1, -0.05) is 30.3 Å². The number of nitrogens with one attached hydrogen (secondary N) is 1. The number of benzene rings is 2. The second-order valence-electron chi connectivity index (χ2n) is 5.62. The predicted octanol–water partition coefficient (Wildman–Crippen LogP) is 3.87. The molecule has 4 nitrogen and oxygen atoms in total. The maximum Gasteiger partial charge on any atom is 0.251 e. The number of rotatable bonds is 6. The molecule has 0 aliphatic carbocycles. The molecule has 0 bridgehead atoms. The summed E-state index contributed by atoms with van der Waals surface area (Å²) in [4.78, 5) is 16.3. The van der Waals surface area contributed by atoms with Crippen LogP contribution in [0, 0.1) is 11.6 Å². The molecule has 0 aliphatic rings. The molecule has 3 aromatic rings. The molecule has 0 saturated carbocycles. The lowest BCUT2D eigenvalue weighted by Crippen LogP contribution is -2.23. The third kappa shape index (κ3) is 4.86. The minimum Gasteiger partial charge on any atom is -0.473 e. The normalized spacial score (nSPS) is 10.4. The highest BCUT2D eigenvalue weighted by Gasteiger charge is 2.09. The molecule has 1 amide bonds. The number of pyridine rings is 1. The molecule has 1 N–H and O–H groups in total. The van der Waals surface area contributed by atoms with Gasteiger partial charge in [-0.25, -0.2) is 13.8 Å². The van der Waals surface area contributed by atoms with Crippen LogP contribution >= 0.6 is 0 Å². The Bertz CT molecular complexity index is 881. The number of nitrogens with zero attached hydrogens (tertiary/aromatic N) is 1. The maximum absolute atomic E-state index is 13.2. The van der Waals surface area contributed by atoms with Crippen molar-refractivity contribution in [3.8, 4) is 5.88 Å². The molecule has 1 heterocycles. The van der Waals surface area contributed by atoms with Crippen LogP contribution in [-0.2, 0) is 13.2 Å². The average Bonchev–Trinajstić information content (AvgIpc) is 2.65. The van der Waals surface area contributed by atoms with Crippen LogP contribution < -0.4 is 10.1 Å². The summed E-state index contributed by atoms with van der Waals surface area (Å²) >= 11 is 0. The zero-order valence-corrected chi connectivity index (χ0v) is 13.8. The molecular formula is C20H16F2N2O2. The van der Waals surface area contributed by atoms with Crippen molar-refractivity contribution in [3.63, 3.8) is 0 Å². The van der Waals surface area contributed by atoms with E-state index in [1.54, 1.807) is 0 Å². The molecule has 1 aromatic heterocycles. The Labute approximate surface area is 149 Å². The van der Waals surface area contributed by atoms with Crippen molar-refractivity contribution in [1.82, 2.24) is 10.3 Å². The van der Waals surface area contributed by atoms with E-state index in [1.807, 2.05) is 30.3 Å². The number of carbonyl (C=O) groups is 1. The van der Waals surface area contributed by atoms with Crippen molar-refractivity contribution in [3.05, 3.63) is 95.2 Å². The van der Waals surface area contributed by atoms with Gasteiger partial charge in [-0.05, 0) is 29.3 Å². The summed E-state index contributed by atoms with van der Waals surface area (Å²) in [6.07, 6.45) is 1.47. The minimum absolute atomic E-state index is 0.00996. The van der Waals surface area contributed by atoms with Crippen LogP contribution in [-0.4, -0.2) is 10.9 Å². The summed E-state index contributed by atoms with van der Waals surface area (Å²) in [5.74, 6) is -1.44. The lowest BCUT2D eigenvalue weighted by atomic mass is 10.2. The van der Waals surface area contributed by atoms with Crippen molar-refractivity contribution >= 4 is 5.91 Å². The topological polar surface area (TPSA) is 51.2 Å². The molecule has 6 heteroatoms. The number of amides is 1. The molecule has 0 unspecified atom stereocenters. The zero-order valence-electron chi connectivity index (χ0n) is 13.8. The number of aromatic nitrogens is 1. The Kier molecular flexibility index (Phi) is 5.53. The van der Waals surface area contributed by atoms with Crippen LogP contribution in [0.5, 0.6) is 5.88 Å². The standard InChI is InChI=1S/C20H16F2N2O2/c21-17-8-15(9-18(22)11-17)12-24-20(25)16-6-7-23-19(10-16)26-13-14-4-2-1-3-5-14/h1-11H,12-13H2,(H,24,25). The number of ether oxygens (including phenoxy) is 1. The summed E-state index contributed by atoms with van der Waals surface area (Å²) in [5.41, 5.74) is 1.67. The smallest absolute Gasteiger partial charge is 0.251 e. The first-order valence-corrected chi connectivity index (χ1v) is 7.96. The zero-order chi connectivity index (χ0) is 18.4. The van der Waals surface area contributed by atoms with E-state index in [-0.39, 0.29) is 12.5 Å². The molecule has 0 atom stereocenters. The van der Waals surface area contributed by atoms with Gasteiger partial charge in [-0.2, -0.15) is 0 Å². The van der Waals surface area contributed by atoms with Crippen molar-refractivity contribution in [2.24, 2.45) is 0 Å². The highest BCUT2D eigenvalue weighted by Crippen LogP contribution is 2.13. The van der Waals surface area contributed by atoms with Gasteiger partial charge in [0.05, 0.1) is 0 Å². The van der Waals surface area contributed by atoms with Gasteiger partial charge in [0.1, 0.15) is 18.2 Å². The fourth-order valence-corrected chi connectivity index (χ4v) is 2.36. The van der Waals surface area contributed by atoms with Crippen molar-refractivity contribution in [2.75, 3.05) is 0 Å². The van der Waals surface area contributed by atoms with E-state index in [0.29, 0.717) is 23.6 Å². The second-order valence-corrected chi connectivity index (χ2v) is 5.62. The summed E-state index contributed by atoms with van der Waals surface area (Å²) in [6.45, 7) is 0.345. The number of carbonyl (C=O) groups excluding carboxylic acids is 1. The van der Waals surface area contributed by atoms with Crippen LogP contribution in [0.4, 0.5) is 8.78 Å². The monoisotopic (exact) mass is 354 g/mol. The predicted molar refractivity (Wildman–Crippen MR) is 92.5 cm³/mol. The molecule has 0 fully saturated rings. The lowest BCUT2D eigenvalue weighted by molar-refractivity contribution is 0.0950. The Balaban J connectivity index is 1.60. The number of hydrogen-bond donors (Lipinski definition) is 1. The molecule has 3 rings (SSSR count). The molecule has 2 aromatic carbocycles. The van der Waals surface area contributed by atoms with Crippen LogP contribution in [0.1, 0.15) is 21.5 Å². The third-order valence-electron chi connectivity index (χ3n) is 3.60. The molecule has 0 saturated heterocycles. The average molecular weight is 354 g/mol. The van der Waals surface area contributed by atoms with Crippen molar-refractivity contribution < 1.29 is 18.3 Å². The van der Waals surface area contributed by atoms with Gasteiger partial charge in [0.2, 0.25) is 5.88 Å². The van der Waals surface area contributed by atoms with E-state index in [0.717, 1.165) is 11.6 Å². The number of hydrogen-bond acceptors (Lipinski definition) is 3. The van der Waals surface area contributed by atoms with Crippen LogP contribution in [0.25, 0.3) is 0 Å². The van der Waals surface area contributed by atoms with E-state index >= 15 is 0 Å². The van der Waals surface area contributed by atoms with Crippen LogP contribution in [0.3, 0.4) is 0 Å². The van der Waals surface area contributed by atoms with Gasteiger partial charge >= 0.3 is 0 Å². The molecule has 0 radical (unpaired) electrons. The first kappa shape index (κ1) is 17.5. The summed E-state index contributed by atoms with van der Waals surface area (Å²) in [7, 11) is 0. The Morgan fingerprint density at radius 1 is 0.962 bits per heavy atom. The van der Waals surface area contributed by atoms with E-state index in [2.05, 4.69) is 10.3 Å². The van der Waals surface area contributed by atoms with Gasteiger partial charge in [-0.15, -0.1) is 0 Å². The molecule has 26 heavy (non-hydrogen) atoms. The van der Waals surface area contributed by atoms with E-state index in [4.69, 9.17) is 4.74 Å². The van der Waals surface area contributed by atoms with E-state index in [1.165, 1.54) is 30.5 Å². The summed E-state index contributed by atoms with van der Waals surface area (Å²) in [6, 6.07) is 15.8.